The fourth-order valence-electron chi connectivity index (χ4n) is 0. The highest BCUT2D eigenvalue weighted by molar-refractivity contribution is 4.79. The van der Waals surface area contributed by atoms with Gasteiger partial charge >= 0.3 is 0 Å². The van der Waals surface area contributed by atoms with Gasteiger partial charge in [-0.25, -0.2) is 0 Å². The Morgan fingerprint density at radius 1 is 1.57 bits per heavy atom. The van der Waals surface area contributed by atoms with Crippen LogP contribution in [0.1, 0.15) is 20.8 Å². The van der Waals surface area contributed by atoms with E-state index in [9.17, 15) is 0 Å². The number of nitrogens with two attached hydrogens (primary N) is 1. The molecule has 1 atom stereocenters. The molecule has 0 spiro atoms. The molecular formula is C6H14N. The number of hydrogen-bond acceptors (Lipinski definition) is 1. The zero-order valence-corrected chi connectivity index (χ0v) is 5.36. The first-order chi connectivity index (χ1) is 2.94. The molecule has 0 aromatic heterocycles. The molecule has 0 saturated heterocycles. The van der Waals surface area contributed by atoms with Crippen LogP contribution in [-0.2, 0) is 0 Å². The normalized spacial score (nSPS) is 12.9. The number of hydrogen-bond donors (Lipinski definition) is 1. The van der Waals surface area contributed by atoms with Crippen molar-refractivity contribution < 1.29 is 0 Å². The van der Waals surface area contributed by atoms with Crippen LogP contribution < -0.4 is 5.73 Å². The third kappa shape index (κ3) is 2.63. The Kier molecular flexibility index (Phi) is 1.82. The van der Waals surface area contributed by atoms with Gasteiger partial charge in [0, 0.05) is 5.54 Å². The van der Waals surface area contributed by atoms with Crippen LogP contribution in [0.2, 0.25) is 0 Å². The predicted molar refractivity (Wildman–Crippen MR) is 32.8 cm³/mol. The van der Waals surface area contributed by atoms with E-state index in [-0.39, 0.29) is 5.54 Å². The smallest absolute Gasteiger partial charge is 0.0123 e. The summed E-state index contributed by atoms with van der Waals surface area (Å²) in [4.78, 5) is 0. The highest BCUT2D eigenvalue weighted by Crippen LogP contribution is 2.09. The SMILES string of the molecule is [CH2]C(C)C(C)(C)N. The van der Waals surface area contributed by atoms with Crippen LogP contribution in [-0.4, -0.2) is 5.54 Å². The van der Waals surface area contributed by atoms with Crippen molar-refractivity contribution in [3.05, 3.63) is 6.92 Å². The van der Waals surface area contributed by atoms with E-state index in [1.807, 2.05) is 20.8 Å². The first kappa shape index (κ1) is 6.96. The van der Waals surface area contributed by atoms with Gasteiger partial charge in [-0.2, -0.15) is 0 Å². The molecule has 0 bridgehead atoms. The third-order valence-electron chi connectivity index (χ3n) is 1.27. The summed E-state index contributed by atoms with van der Waals surface area (Å²) in [5.41, 5.74) is 5.50. The third-order valence-corrected chi connectivity index (χ3v) is 1.27. The van der Waals surface area contributed by atoms with Crippen molar-refractivity contribution in [2.24, 2.45) is 11.7 Å². The topological polar surface area (TPSA) is 26.0 Å². The zero-order chi connectivity index (χ0) is 6.08. The van der Waals surface area contributed by atoms with Crippen LogP contribution in [0, 0.1) is 12.8 Å². The lowest BCUT2D eigenvalue weighted by atomic mass is 9.92. The second kappa shape index (κ2) is 1.83. The molecule has 2 N–H and O–H groups in total. The monoisotopic (exact) mass is 100 g/mol. The van der Waals surface area contributed by atoms with Gasteiger partial charge in [-0.1, -0.05) is 6.92 Å². The van der Waals surface area contributed by atoms with Gasteiger partial charge in [0.25, 0.3) is 0 Å². The van der Waals surface area contributed by atoms with E-state index in [4.69, 9.17) is 5.73 Å². The second-order valence-electron chi connectivity index (χ2n) is 2.72. The fraction of sp³-hybridized carbons (Fsp3) is 0.833. The van der Waals surface area contributed by atoms with Crippen LogP contribution >= 0.6 is 0 Å². The van der Waals surface area contributed by atoms with E-state index < -0.39 is 0 Å². The van der Waals surface area contributed by atoms with E-state index in [0.717, 1.165) is 0 Å². The molecular weight excluding hydrogens is 86.1 g/mol. The summed E-state index contributed by atoms with van der Waals surface area (Å²) < 4.78 is 0. The summed E-state index contributed by atoms with van der Waals surface area (Å²) in [6, 6.07) is 0. The standard InChI is InChI=1S/C6H14N/c1-5(2)6(3,4)7/h5H,1,7H2,2-4H3. The van der Waals surface area contributed by atoms with Gasteiger partial charge < -0.3 is 5.73 Å². The molecule has 0 aromatic rings. The van der Waals surface area contributed by atoms with Crippen molar-refractivity contribution in [2.75, 3.05) is 0 Å². The Morgan fingerprint density at radius 2 is 1.71 bits per heavy atom. The molecule has 1 radical (unpaired) electrons. The van der Waals surface area contributed by atoms with Gasteiger partial charge in [-0.3, -0.25) is 0 Å². The summed E-state index contributed by atoms with van der Waals surface area (Å²) in [6.07, 6.45) is 0. The lowest BCUT2D eigenvalue weighted by Crippen LogP contribution is -2.37. The summed E-state index contributed by atoms with van der Waals surface area (Å²) in [5.74, 6) is 0.326. The Hall–Kier alpha value is -0.0400. The van der Waals surface area contributed by atoms with Crippen molar-refractivity contribution >= 4 is 0 Å². The van der Waals surface area contributed by atoms with Gasteiger partial charge in [-0.05, 0) is 26.7 Å². The Labute approximate surface area is 45.9 Å². The average Bonchev–Trinajstić information content (AvgIpc) is 1.31. The van der Waals surface area contributed by atoms with Gasteiger partial charge in [-0.15, -0.1) is 0 Å². The molecule has 0 heterocycles. The quantitative estimate of drug-likeness (QED) is 0.526. The first-order valence-electron chi connectivity index (χ1n) is 2.56. The van der Waals surface area contributed by atoms with E-state index in [0.29, 0.717) is 5.92 Å². The Morgan fingerprint density at radius 3 is 1.71 bits per heavy atom. The minimum Gasteiger partial charge on any atom is -0.325 e. The van der Waals surface area contributed by atoms with Crippen LogP contribution in [0.3, 0.4) is 0 Å². The molecule has 0 fully saturated rings. The molecule has 7 heavy (non-hydrogen) atoms. The molecule has 0 rings (SSSR count). The molecule has 1 nitrogen and oxygen atoms in total. The first-order valence-corrected chi connectivity index (χ1v) is 2.56. The average molecular weight is 100 g/mol. The lowest BCUT2D eigenvalue weighted by Gasteiger charge is -2.22. The van der Waals surface area contributed by atoms with Crippen LogP contribution in [0.5, 0.6) is 0 Å². The van der Waals surface area contributed by atoms with Crippen molar-refractivity contribution in [3.8, 4) is 0 Å². The molecule has 0 aromatic carbocycles. The van der Waals surface area contributed by atoms with Crippen molar-refractivity contribution in [1.82, 2.24) is 0 Å². The number of rotatable bonds is 1. The Balaban J connectivity index is 3.54. The lowest BCUT2D eigenvalue weighted by molar-refractivity contribution is 0.406. The molecule has 43 valence electrons. The van der Waals surface area contributed by atoms with E-state index in [1.165, 1.54) is 0 Å². The maximum Gasteiger partial charge on any atom is 0.0123 e. The maximum absolute atomic E-state index is 5.62. The highest BCUT2D eigenvalue weighted by atomic mass is 14.7. The summed E-state index contributed by atoms with van der Waals surface area (Å²) in [7, 11) is 0. The van der Waals surface area contributed by atoms with Crippen LogP contribution in [0.15, 0.2) is 0 Å². The molecule has 0 amide bonds. The largest absolute Gasteiger partial charge is 0.325 e. The zero-order valence-electron chi connectivity index (χ0n) is 5.36. The summed E-state index contributed by atoms with van der Waals surface area (Å²) in [5, 5.41) is 0. The van der Waals surface area contributed by atoms with Crippen molar-refractivity contribution in [1.29, 1.82) is 0 Å². The van der Waals surface area contributed by atoms with Crippen LogP contribution in [0.25, 0.3) is 0 Å². The van der Waals surface area contributed by atoms with Gasteiger partial charge in [0.1, 0.15) is 0 Å². The minimum absolute atomic E-state index is 0.111. The molecule has 1 heteroatoms. The molecule has 0 aliphatic carbocycles. The van der Waals surface area contributed by atoms with E-state index in [1.54, 1.807) is 0 Å². The van der Waals surface area contributed by atoms with Gasteiger partial charge in [0.15, 0.2) is 0 Å². The molecule has 0 aliphatic heterocycles. The van der Waals surface area contributed by atoms with Gasteiger partial charge in [0.05, 0.1) is 0 Å². The van der Waals surface area contributed by atoms with E-state index in [2.05, 4.69) is 6.92 Å². The summed E-state index contributed by atoms with van der Waals surface area (Å²) >= 11 is 0. The van der Waals surface area contributed by atoms with Gasteiger partial charge in [0.2, 0.25) is 0 Å². The molecule has 0 aliphatic rings. The maximum atomic E-state index is 5.62. The summed E-state index contributed by atoms with van der Waals surface area (Å²) in [6.45, 7) is 9.75. The van der Waals surface area contributed by atoms with Crippen molar-refractivity contribution in [3.63, 3.8) is 0 Å². The predicted octanol–water partition coefficient (Wildman–Crippen LogP) is 1.19. The molecule has 0 saturated carbocycles. The Bertz CT molecular complexity index is 49.7. The van der Waals surface area contributed by atoms with E-state index >= 15 is 0 Å². The second-order valence-corrected chi connectivity index (χ2v) is 2.72. The van der Waals surface area contributed by atoms with Crippen LogP contribution in [0.4, 0.5) is 0 Å². The fourth-order valence-corrected chi connectivity index (χ4v) is 0. The minimum atomic E-state index is -0.111. The van der Waals surface area contributed by atoms with Crippen molar-refractivity contribution in [2.45, 2.75) is 26.3 Å². The highest BCUT2D eigenvalue weighted by Gasteiger charge is 2.14. The molecule has 1 unspecified atom stereocenters.